The highest BCUT2D eigenvalue weighted by atomic mass is 31.2. The molecule has 0 spiro atoms. The molecule has 0 amide bonds. The average molecular weight is 632 g/mol. The van der Waals surface area contributed by atoms with Crippen molar-refractivity contribution in [1.82, 2.24) is 0 Å². The fourth-order valence-corrected chi connectivity index (χ4v) is 7.38. The lowest BCUT2D eigenvalue weighted by Crippen LogP contribution is -2.42. The van der Waals surface area contributed by atoms with Crippen LogP contribution in [-0.4, -0.2) is 57.5 Å². The Labute approximate surface area is 266 Å². The van der Waals surface area contributed by atoms with E-state index in [2.05, 4.69) is 6.92 Å². The maximum Gasteiger partial charge on any atom is 0.314 e. The predicted octanol–water partition coefficient (Wildman–Crippen LogP) is 9.51. The third-order valence-corrected chi connectivity index (χ3v) is 10.1. The number of carbonyl (C=O) groups excluding carboxylic acids is 1. The van der Waals surface area contributed by atoms with Crippen molar-refractivity contribution in [1.29, 1.82) is 0 Å². The Balaban J connectivity index is 2.19. The monoisotopic (exact) mass is 631 g/mol. The van der Waals surface area contributed by atoms with Gasteiger partial charge in [0.1, 0.15) is 13.2 Å². The van der Waals surface area contributed by atoms with Crippen molar-refractivity contribution in [3.8, 4) is 0 Å². The van der Waals surface area contributed by atoms with Gasteiger partial charge in [-0.2, -0.15) is 0 Å². The van der Waals surface area contributed by atoms with Crippen LogP contribution in [0.2, 0.25) is 0 Å². The second kappa shape index (κ2) is 23.8. The van der Waals surface area contributed by atoms with Crippen LogP contribution in [0, 0.1) is 5.41 Å². The number of rotatable bonds is 29. The number of phosphoric acid groups is 1. The molecule has 1 unspecified atom stereocenters. The van der Waals surface area contributed by atoms with E-state index in [0.717, 1.165) is 25.7 Å². The lowest BCUT2D eigenvalue weighted by atomic mass is 9.79. The summed E-state index contributed by atoms with van der Waals surface area (Å²) < 4.78 is 29.4. The van der Waals surface area contributed by atoms with Crippen LogP contribution in [0.3, 0.4) is 0 Å². The Bertz CT molecular complexity index is 742. The molecular weight excluding hydrogens is 561 g/mol. The maximum atomic E-state index is 13.1. The number of quaternary nitrogens is 1. The van der Waals surface area contributed by atoms with Gasteiger partial charge in [-0.3, -0.25) is 9.36 Å². The zero-order valence-electron chi connectivity index (χ0n) is 29.0. The molecule has 0 aromatic carbocycles. The van der Waals surface area contributed by atoms with Crippen LogP contribution in [0.25, 0.3) is 0 Å². The second-order valence-corrected chi connectivity index (χ2v) is 15.5. The maximum absolute atomic E-state index is 13.1. The third kappa shape index (κ3) is 19.6. The number of ether oxygens (including phenoxy) is 1. The first kappa shape index (κ1) is 40.6. The quantitative estimate of drug-likeness (QED) is 0.0354. The van der Waals surface area contributed by atoms with E-state index >= 15 is 0 Å². The Kier molecular flexibility index (Phi) is 22.5. The number of carbonyl (C=O) groups is 1. The van der Waals surface area contributed by atoms with Gasteiger partial charge < -0.3 is 23.2 Å². The summed E-state index contributed by atoms with van der Waals surface area (Å²) in [5, 5.41) is 0. The minimum absolute atomic E-state index is 0.0583. The van der Waals surface area contributed by atoms with E-state index < -0.39 is 19.3 Å². The summed E-state index contributed by atoms with van der Waals surface area (Å²) in [6.45, 7) is 4.96. The highest BCUT2D eigenvalue weighted by Crippen LogP contribution is 2.52. The van der Waals surface area contributed by atoms with Gasteiger partial charge in [0.2, 0.25) is 0 Å². The molecule has 0 aromatic heterocycles. The molecule has 0 N–H and O–H groups in total. The van der Waals surface area contributed by atoms with Crippen molar-refractivity contribution in [2.24, 2.45) is 5.41 Å². The molecule has 1 saturated carbocycles. The minimum Gasteiger partial charge on any atom is -0.756 e. The van der Waals surface area contributed by atoms with Crippen molar-refractivity contribution in [2.75, 3.05) is 40.9 Å². The van der Waals surface area contributed by atoms with Crippen LogP contribution in [0.4, 0.5) is 0 Å². The van der Waals surface area contributed by atoms with Gasteiger partial charge in [0.15, 0.2) is 0 Å². The molecule has 0 bridgehead atoms. The molecule has 1 aliphatic carbocycles. The zero-order chi connectivity index (χ0) is 31.9. The topological polar surface area (TPSA) is 84.9 Å². The smallest absolute Gasteiger partial charge is 0.314 e. The molecule has 1 fully saturated rings. The van der Waals surface area contributed by atoms with Gasteiger partial charge in [-0.1, -0.05) is 135 Å². The normalized spacial score (nSPS) is 20.4. The number of likely N-dealkylation sites (N-methyl/N-ethyl adjacent to an activating group) is 1. The van der Waals surface area contributed by atoms with Crippen LogP contribution in [0.15, 0.2) is 0 Å². The molecule has 0 aromatic rings. The van der Waals surface area contributed by atoms with Crippen molar-refractivity contribution in [3.05, 3.63) is 0 Å². The number of nitrogens with zero attached hydrogens (tertiary/aromatic N) is 1. The lowest BCUT2D eigenvalue weighted by Gasteiger charge is -2.36. The first-order chi connectivity index (χ1) is 20.6. The molecule has 8 heteroatoms. The van der Waals surface area contributed by atoms with E-state index in [4.69, 9.17) is 13.8 Å². The highest BCUT2D eigenvalue weighted by Gasteiger charge is 2.51. The van der Waals surface area contributed by atoms with Gasteiger partial charge in [0, 0.05) is 0 Å². The fraction of sp³-hybridized carbons (Fsp3) is 0.971. The zero-order valence-corrected chi connectivity index (χ0v) is 29.9. The molecule has 3 atom stereocenters. The SMILES string of the molecule is CCCCCCCCCCCCCCCCCCCCCC[C@@]1(C(=O)OCC)CCC[C@@H]1OP(=O)([O-])OCC[N+](C)(C)C. The molecule has 0 heterocycles. The van der Waals surface area contributed by atoms with Crippen LogP contribution < -0.4 is 4.89 Å². The van der Waals surface area contributed by atoms with Gasteiger partial charge in [-0.25, -0.2) is 0 Å². The lowest BCUT2D eigenvalue weighted by molar-refractivity contribution is -0.870. The summed E-state index contributed by atoms with van der Waals surface area (Å²) in [5.41, 5.74) is -0.895. The molecule has 1 rings (SSSR count). The largest absolute Gasteiger partial charge is 0.756 e. The molecule has 7 nitrogen and oxygen atoms in total. The van der Waals surface area contributed by atoms with Crippen LogP contribution in [0.5, 0.6) is 0 Å². The average Bonchev–Trinajstić information content (AvgIpc) is 3.33. The second-order valence-electron chi connectivity index (χ2n) is 14.1. The van der Waals surface area contributed by atoms with Crippen LogP contribution in [-0.2, 0) is 23.1 Å². The summed E-state index contributed by atoms with van der Waals surface area (Å²) >= 11 is 0. The van der Waals surface area contributed by atoms with Gasteiger partial charge in [-0.15, -0.1) is 0 Å². The van der Waals surface area contributed by atoms with Crippen molar-refractivity contribution >= 4 is 13.8 Å². The van der Waals surface area contributed by atoms with E-state index in [-0.39, 0.29) is 19.2 Å². The predicted molar refractivity (Wildman–Crippen MR) is 177 cm³/mol. The molecule has 43 heavy (non-hydrogen) atoms. The Hall–Kier alpha value is -0.460. The van der Waals surface area contributed by atoms with E-state index in [9.17, 15) is 14.3 Å². The van der Waals surface area contributed by atoms with E-state index in [0.29, 0.717) is 30.3 Å². The van der Waals surface area contributed by atoms with Gasteiger partial charge in [0.05, 0.1) is 39.3 Å². The third-order valence-electron chi connectivity index (χ3n) is 9.13. The number of hydrogen-bond donors (Lipinski definition) is 0. The molecule has 256 valence electrons. The van der Waals surface area contributed by atoms with Gasteiger partial charge >= 0.3 is 5.97 Å². The van der Waals surface area contributed by atoms with Crippen molar-refractivity contribution < 1.29 is 32.5 Å². The first-order valence-electron chi connectivity index (χ1n) is 18.2. The molecule has 1 aliphatic rings. The van der Waals surface area contributed by atoms with Crippen molar-refractivity contribution in [3.63, 3.8) is 0 Å². The first-order valence-corrected chi connectivity index (χ1v) is 19.6. The highest BCUT2D eigenvalue weighted by molar-refractivity contribution is 7.45. The van der Waals surface area contributed by atoms with E-state index in [1.54, 1.807) is 6.92 Å². The molecule has 0 aliphatic heterocycles. The van der Waals surface area contributed by atoms with Crippen LogP contribution in [0.1, 0.15) is 168 Å². The van der Waals surface area contributed by atoms with Crippen LogP contribution >= 0.6 is 7.82 Å². The Morgan fingerprint density at radius 2 is 1.21 bits per heavy atom. The number of esters is 1. The number of hydrogen-bond acceptors (Lipinski definition) is 6. The Morgan fingerprint density at radius 3 is 1.63 bits per heavy atom. The van der Waals surface area contributed by atoms with Crippen molar-refractivity contribution in [2.45, 2.75) is 174 Å². The molecule has 0 radical (unpaired) electrons. The molecule has 0 saturated heterocycles. The fourth-order valence-electron chi connectivity index (χ4n) is 6.40. The minimum atomic E-state index is -4.51. The summed E-state index contributed by atoms with van der Waals surface area (Å²) in [4.78, 5) is 25.7. The number of phosphoric ester groups is 1. The standard InChI is InChI=1S/C35H70NO6P/c1-6-8-9-10-11-12-13-14-15-16-17-18-19-20-21-22-23-24-25-26-29-35(34(37)40-7-2)30-27-28-33(35)42-43(38,39)41-32-31-36(3,4)5/h33H,6-32H2,1-5H3/t33-,35+/m0/s1. The number of unbranched alkanes of at least 4 members (excludes halogenated alkanes) is 19. The summed E-state index contributed by atoms with van der Waals surface area (Å²) in [7, 11) is 1.41. The van der Waals surface area contributed by atoms with E-state index in [1.165, 1.54) is 109 Å². The molecular formula is C35H70NO6P. The van der Waals surface area contributed by atoms with E-state index in [1.807, 2.05) is 21.1 Å². The van der Waals surface area contributed by atoms with Gasteiger partial charge in [-0.05, 0) is 32.6 Å². The summed E-state index contributed by atoms with van der Waals surface area (Å²) in [6.07, 6.45) is 28.3. The Morgan fingerprint density at radius 1 is 0.767 bits per heavy atom. The van der Waals surface area contributed by atoms with Gasteiger partial charge in [0.25, 0.3) is 7.82 Å². The summed E-state index contributed by atoms with van der Waals surface area (Å²) in [6, 6.07) is 0. The summed E-state index contributed by atoms with van der Waals surface area (Å²) in [5.74, 6) is -0.318.